The molecule has 2 rings (SSSR count). The summed E-state index contributed by atoms with van der Waals surface area (Å²) in [5.74, 6) is 0.591. The largest absolute Gasteiger partial charge is 0.357 e. The van der Waals surface area contributed by atoms with Crippen LogP contribution in [0.25, 0.3) is 0 Å². The molecule has 0 aromatic carbocycles. The minimum Gasteiger partial charge on any atom is -0.357 e. The third-order valence-corrected chi connectivity index (χ3v) is 4.11. The van der Waals surface area contributed by atoms with Crippen molar-refractivity contribution >= 4 is 17.4 Å². The Morgan fingerprint density at radius 2 is 2.00 bits per heavy atom. The van der Waals surface area contributed by atoms with Crippen LogP contribution in [0.5, 0.6) is 0 Å². The van der Waals surface area contributed by atoms with Crippen molar-refractivity contribution < 1.29 is 4.79 Å². The Bertz CT molecular complexity index is 639. The summed E-state index contributed by atoms with van der Waals surface area (Å²) in [5.41, 5.74) is 3.45. The zero-order chi connectivity index (χ0) is 17.0. The van der Waals surface area contributed by atoms with Crippen LogP contribution in [0.3, 0.4) is 0 Å². The van der Waals surface area contributed by atoms with E-state index in [0.717, 1.165) is 35.9 Å². The molecule has 0 bridgehead atoms. The van der Waals surface area contributed by atoms with E-state index in [1.807, 2.05) is 32.9 Å². The Hall–Kier alpha value is -2.37. The fraction of sp³-hybridized carbons (Fsp3) is 0.471. The van der Waals surface area contributed by atoms with E-state index in [0.29, 0.717) is 5.69 Å². The van der Waals surface area contributed by atoms with Gasteiger partial charge in [0, 0.05) is 24.3 Å². The van der Waals surface area contributed by atoms with Crippen molar-refractivity contribution in [2.24, 2.45) is 0 Å². The predicted molar refractivity (Wildman–Crippen MR) is 92.9 cm³/mol. The molecule has 1 atom stereocenters. The van der Waals surface area contributed by atoms with E-state index in [1.54, 1.807) is 6.20 Å². The summed E-state index contributed by atoms with van der Waals surface area (Å²) in [5, 5.41) is 10.0. The second-order valence-electron chi connectivity index (χ2n) is 5.64. The zero-order valence-corrected chi connectivity index (χ0v) is 14.5. The van der Waals surface area contributed by atoms with E-state index in [1.165, 1.54) is 0 Å². The highest BCUT2D eigenvalue weighted by Gasteiger charge is 2.21. The number of aromatic nitrogens is 3. The Morgan fingerprint density at radius 3 is 2.48 bits per heavy atom. The van der Waals surface area contributed by atoms with E-state index < -0.39 is 0 Å². The highest BCUT2D eigenvalue weighted by molar-refractivity contribution is 5.95. The van der Waals surface area contributed by atoms with Crippen LogP contribution in [-0.4, -0.2) is 34.2 Å². The molecule has 124 valence electrons. The lowest BCUT2D eigenvalue weighted by Gasteiger charge is -2.20. The van der Waals surface area contributed by atoms with Gasteiger partial charge < -0.3 is 10.2 Å². The van der Waals surface area contributed by atoms with Crippen LogP contribution in [0.1, 0.15) is 43.6 Å². The van der Waals surface area contributed by atoms with Gasteiger partial charge in [0.25, 0.3) is 0 Å². The summed E-state index contributed by atoms with van der Waals surface area (Å²) in [4.78, 5) is 19.0. The Morgan fingerprint density at radius 1 is 1.30 bits per heavy atom. The standard InChI is InChI=1S/C17H25N5O/c1-6-22(7-2)15-9-8-14(10-18-15)19-17(23)11(3)16-12(4)20-21-13(16)5/h8-11H,6-7H2,1-5H3,(H,19,23)(H,20,21). The number of aromatic amines is 1. The van der Waals surface area contributed by atoms with Gasteiger partial charge in [-0.2, -0.15) is 5.10 Å². The molecule has 2 aromatic rings. The molecule has 1 amide bonds. The number of amides is 1. The summed E-state index contributed by atoms with van der Waals surface area (Å²) in [6, 6.07) is 3.82. The lowest BCUT2D eigenvalue weighted by atomic mass is 9.98. The van der Waals surface area contributed by atoms with Crippen molar-refractivity contribution in [3.8, 4) is 0 Å². The molecule has 0 spiro atoms. The average Bonchev–Trinajstić information content (AvgIpc) is 2.88. The fourth-order valence-corrected chi connectivity index (χ4v) is 2.77. The number of H-pyrrole nitrogens is 1. The topological polar surface area (TPSA) is 73.9 Å². The minimum absolute atomic E-state index is 0.0602. The third-order valence-electron chi connectivity index (χ3n) is 4.11. The number of carbonyl (C=O) groups excluding carboxylic acids is 1. The van der Waals surface area contributed by atoms with Gasteiger partial charge in [-0.1, -0.05) is 0 Å². The summed E-state index contributed by atoms with van der Waals surface area (Å²) in [6.07, 6.45) is 1.70. The van der Waals surface area contributed by atoms with Crippen LogP contribution in [0, 0.1) is 13.8 Å². The normalized spacial score (nSPS) is 12.0. The molecule has 0 aliphatic rings. The number of anilines is 2. The number of nitrogens with one attached hydrogen (secondary N) is 2. The molecular formula is C17H25N5O. The number of rotatable bonds is 6. The van der Waals surface area contributed by atoms with Gasteiger partial charge in [-0.15, -0.1) is 0 Å². The van der Waals surface area contributed by atoms with Gasteiger partial charge in [0.05, 0.1) is 23.5 Å². The molecule has 0 aliphatic heterocycles. The van der Waals surface area contributed by atoms with E-state index in [2.05, 4.69) is 39.2 Å². The van der Waals surface area contributed by atoms with Crippen LogP contribution in [0.15, 0.2) is 18.3 Å². The summed E-state index contributed by atoms with van der Waals surface area (Å²) in [6.45, 7) is 11.7. The molecule has 0 saturated carbocycles. The van der Waals surface area contributed by atoms with Crippen molar-refractivity contribution in [2.75, 3.05) is 23.3 Å². The van der Waals surface area contributed by atoms with Crippen LogP contribution < -0.4 is 10.2 Å². The smallest absolute Gasteiger partial charge is 0.231 e. The Balaban J connectivity index is 2.08. The molecule has 0 saturated heterocycles. The second kappa shape index (κ2) is 7.26. The van der Waals surface area contributed by atoms with Crippen LogP contribution in [0.4, 0.5) is 11.5 Å². The number of carbonyl (C=O) groups is 1. The first kappa shape index (κ1) is 17.0. The van der Waals surface area contributed by atoms with Gasteiger partial charge in [0.1, 0.15) is 5.82 Å². The molecule has 23 heavy (non-hydrogen) atoms. The van der Waals surface area contributed by atoms with Crippen molar-refractivity contribution in [1.29, 1.82) is 0 Å². The Labute approximate surface area is 137 Å². The first-order valence-corrected chi connectivity index (χ1v) is 8.01. The second-order valence-corrected chi connectivity index (χ2v) is 5.64. The van der Waals surface area contributed by atoms with E-state index >= 15 is 0 Å². The minimum atomic E-state index is -0.267. The van der Waals surface area contributed by atoms with Crippen molar-refractivity contribution in [2.45, 2.75) is 40.5 Å². The van der Waals surface area contributed by atoms with Gasteiger partial charge in [0.2, 0.25) is 5.91 Å². The highest BCUT2D eigenvalue weighted by atomic mass is 16.1. The first-order valence-electron chi connectivity index (χ1n) is 8.01. The SMILES string of the molecule is CCN(CC)c1ccc(NC(=O)C(C)c2c(C)n[nH]c2C)cn1. The molecular weight excluding hydrogens is 290 g/mol. The molecule has 1 unspecified atom stereocenters. The summed E-state index contributed by atoms with van der Waals surface area (Å²) < 4.78 is 0. The number of hydrogen-bond acceptors (Lipinski definition) is 4. The molecule has 6 nitrogen and oxygen atoms in total. The summed E-state index contributed by atoms with van der Waals surface area (Å²) >= 11 is 0. The first-order chi connectivity index (χ1) is 11.0. The fourth-order valence-electron chi connectivity index (χ4n) is 2.77. The maximum absolute atomic E-state index is 12.5. The van der Waals surface area contributed by atoms with Crippen molar-refractivity contribution in [3.63, 3.8) is 0 Å². The van der Waals surface area contributed by atoms with Gasteiger partial charge >= 0.3 is 0 Å². The molecule has 0 radical (unpaired) electrons. The average molecular weight is 315 g/mol. The highest BCUT2D eigenvalue weighted by Crippen LogP contribution is 2.23. The van der Waals surface area contributed by atoms with E-state index in [-0.39, 0.29) is 11.8 Å². The number of pyridine rings is 1. The van der Waals surface area contributed by atoms with Crippen molar-refractivity contribution in [1.82, 2.24) is 15.2 Å². The molecule has 2 heterocycles. The molecule has 2 aromatic heterocycles. The Kier molecular flexibility index (Phi) is 5.36. The van der Waals surface area contributed by atoms with Crippen molar-refractivity contribution in [3.05, 3.63) is 35.3 Å². The third kappa shape index (κ3) is 3.70. The molecule has 0 fully saturated rings. The van der Waals surface area contributed by atoms with Crippen LogP contribution >= 0.6 is 0 Å². The van der Waals surface area contributed by atoms with Crippen LogP contribution in [-0.2, 0) is 4.79 Å². The van der Waals surface area contributed by atoms with E-state index in [9.17, 15) is 4.79 Å². The van der Waals surface area contributed by atoms with Gasteiger partial charge in [-0.05, 0) is 46.8 Å². The zero-order valence-electron chi connectivity index (χ0n) is 14.5. The number of nitrogens with zero attached hydrogens (tertiary/aromatic N) is 3. The van der Waals surface area contributed by atoms with E-state index in [4.69, 9.17) is 0 Å². The lowest BCUT2D eigenvalue weighted by molar-refractivity contribution is -0.117. The molecule has 6 heteroatoms. The summed E-state index contributed by atoms with van der Waals surface area (Å²) in [7, 11) is 0. The quantitative estimate of drug-likeness (QED) is 0.859. The molecule has 0 aliphatic carbocycles. The monoisotopic (exact) mass is 315 g/mol. The van der Waals surface area contributed by atoms with Gasteiger partial charge in [-0.3, -0.25) is 9.89 Å². The lowest BCUT2D eigenvalue weighted by Crippen LogP contribution is -2.23. The predicted octanol–water partition coefficient (Wildman–Crippen LogP) is 3.01. The van der Waals surface area contributed by atoms with Gasteiger partial charge in [-0.25, -0.2) is 4.98 Å². The maximum Gasteiger partial charge on any atom is 0.231 e. The number of hydrogen-bond donors (Lipinski definition) is 2. The van der Waals surface area contributed by atoms with Gasteiger partial charge in [0.15, 0.2) is 0 Å². The maximum atomic E-state index is 12.5. The van der Waals surface area contributed by atoms with Crippen LogP contribution in [0.2, 0.25) is 0 Å². The molecule has 2 N–H and O–H groups in total. The number of aryl methyl sites for hydroxylation is 2.